The Morgan fingerprint density at radius 1 is 1.04 bits per heavy atom. The van der Waals surface area contributed by atoms with E-state index in [4.69, 9.17) is 14.5 Å². The number of ether oxygens (including phenoxy) is 2. The normalized spacial score (nSPS) is 11.9. The Morgan fingerprint density at radius 3 is 2.52 bits per heavy atom. The lowest BCUT2D eigenvalue weighted by Gasteiger charge is -2.23. The fraction of sp³-hybridized carbons (Fsp3) is 0.286. The number of benzene rings is 2. The number of hydrogen-bond donors (Lipinski definition) is 1. The molecule has 0 spiro atoms. The van der Waals surface area contributed by atoms with Gasteiger partial charge in [0, 0.05) is 11.1 Å². The van der Waals surface area contributed by atoms with Crippen molar-refractivity contribution in [1.82, 2.24) is 9.38 Å². The summed E-state index contributed by atoms with van der Waals surface area (Å²) >= 11 is 1.65. The first kappa shape index (κ1) is 17.7. The molecular weight excluding hydrogens is 358 g/mol. The number of hydrogen-bond acceptors (Lipinski definition) is 5. The van der Waals surface area contributed by atoms with Gasteiger partial charge in [0.05, 0.1) is 24.4 Å². The Labute approximate surface area is 162 Å². The van der Waals surface area contributed by atoms with Gasteiger partial charge in [0.2, 0.25) is 0 Å². The van der Waals surface area contributed by atoms with Crippen LogP contribution in [0.5, 0.6) is 11.5 Å². The number of rotatable bonds is 4. The predicted molar refractivity (Wildman–Crippen MR) is 112 cm³/mol. The van der Waals surface area contributed by atoms with E-state index >= 15 is 0 Å². The molecule has 4 rings (SSSR count). The minimum atomic E-state index is -0.118. The lowest BCUT2D eigenvalue weighted by atomic mass is 10.1. The van der Waals surface area contributed by atoms with Gasteiger partial charge in [-0.05, 0) is 51.1 Å². The van der Waals surface area contributed by atoms with E-state index in [2.05, 4.69) is 42.6 Å². The summed E-state index contributed by atoms with van der Waals surface area (Å²) in [7, 11) is 3.38. The van der Waals surface area contributed by atoms with Crippen LogP contribution in [0.3, 0.4) is 0 Å². The highest BCUT2D eigenvalue weighted by atomic mass is 32.1. The molecule has 2 aromatic heterocycles. The van der Waals surface area contributed by atoms with Crippen LogP contribution in [0.2, 0.25) is 0 Å². The average Bonchev–Trinajstić information content (AvgIpc) is 3.16. The Balaban J connectivity index is 2.03. The SMILES string of the molecule is COc1ccc2c(c1)sc1nc(-c3ccccc3OC)c(NC(C)(C)C)n12. The molecule has 5 nitrogen and oxygen atoms in total. The third-order valence-corrected chi connectivity index (χ3v) is 5.31. The highest BCUT2D eigenvalue weighted by molar-refractivity contribution is 7.23. The molecule has 1 N–H and O–H groups in total. The summed E-state index contributed by atoms with van der Waals surface area (Å²) in [5, 5.41) is 3.65. The highest BCUT2D eigenvalue weighted by Crippen LogP contribution is 2.40. The number of nitrogens with zero attached hydrogens (tertiary/aromatic N) is 2. The second kappa shape index (κ2) is 6.46. The molecular formula is C21H23N3O2S. The van der Waals surface area contributed by atoms with Crippen LogP contribution < -0.4 is 14.8 Å². The first-order valence-electron chi connectivity index (χ1n) is 8.82. The zero-order valence-corrected chi connectivity index (χ0v) is 17.0. The summed E-state index contributed by atoms with van der Waals surface area (Å²) in [6.07, 6.45) is 0. The van der Waals surface area contributed by atoms with Crippen molar-refractivity contribution in [3.8, 4) is 22.8 Å². The molecule has 0 fully saturated rings. The van der Waals surface area contributed by atoms with Gasteiger partial charge in [0.25, 0.3) is 0 Å². The average molecular weight is 382 g/mol. The third-order valence-electron chi connectivity index (χ3n) is 4.31. The molecule has 0 bridgehead atoms. The van der Waals surface area contributed by atoms with E-state index in [0.717, 1.165) is 43.8 Å². The summed E-state index contributed by atoms with van der Waals surface area (Å²) in [6, 6.07) is 14.1. The fourth-order valence-electron chi connectivity index (χ4n) is 3.18. The zero-order valence-electron chi connectivity index (χ0n) is 16.2. The van der Waals surface area contributed by atoms with E-state index in [-0.39, 0.29) is 5.54 Å². The Morgan fingerprint density at radius 2 is 1.81 bits per heavy atom. The van der Waals surface area contributed by atoms with Gasteiger partial charge >= 0.3 is 0 Å². The second-order valence-electron chi connectivity index (χ2n) is 7.44. The fourth-order valence-corrected chi connectivity index (χ4v) is 4.23. The quantitative estimate of drug-likeness (QED) is 0.511. The van der Waals surface area contributed by atoms with E-state index in [1.54, 1.807) is 25.6 Å². The van der Waals surface area contributed by atoms with Crippen molar-refractivity contribution in [3.05, 3.63) is 42.5 Å². The first-order valence-corrected chi connectivity index (χ1v) is 9.63. The van der Waals surface area contributed by atoms with E-state index in [0.29, 0.717) is 0 Å². The second-order valence-corrected chi connectivity index (χ2v) is 8.45. The third kappa shape index (κ3) is 3.10. The van der Waals surface area contributed by atoms with Crippen LogP contribution in [0, 0.1) is 0 Å². The van der Waals surface area contributed by atoms with Crippen molar-refractivity contribution in [1.29, 1.82) is 0 Å². The number of fused-ring (bicyclic) bond motifs is 3. The molecule has 0 aliphatic rings. The smallest absolute Gasteiger partial charge is 0.197 e. The molecule has 0 saturated carbocycles. The summed E-state index contributed by atoms with van der Waals surface area (Å²) in [4.78, 5) is 5.90. The Bertz CT molecular complexity index is 1120. The Hall–Kier alpha value is -2.73. The summed E-state index contributed by atoms with van der Waals surface area (Å²) in [5.74, 6) is 2.63. The Kier molecular flexibility index (Phi) is 4.23. The topological polar surface area (TPSA) is 47.8 Å². The molecule has 140 valence electrons. The molecule has 27 heavy (non-hydrogen) atoms. The minimum Gasteiger partial charge on any atom is -0.497 e. The van der Waals surface area contributed by atoms with Crippen LogP contribution in [0.4, 0.5) is 5.82 Å². The van der Waals surface area contributed by atoms with Gasteiger partial charge in [-0.25, -0.2) is 4.98 Å². The molecule has 0 radical (unpaired) electrons. The van der Waals surface area contributed by atoms with E-state index in [1.807, 2.05) is 30.3 Å². The maximum absolute atomic E-state index is 5.59. The van der Waals surface area contributed by atoms with Gasteiger partial charge in [0.1, 0.15) is 23.0 Å². The predicted octanol–water partition coefficient (Wildman–Crippen LogP) is 5.44. The number of imidazole rings is 1. The van der Waals surface area contributed by atoms with Crippen LogP contribution in [0.1, 0.15) is 20.8 Å². The van der Waals surface area contributed by atoms with Crippen LogP contribution in [-0.4, -0.2) is 29.1 Å². The number of nitrogens with one attached hydrogen (secondary N) is 1. The van der Waals surface area contributed by atoms with Gasteiger partial charge in [-0.1, -0.05) is 23.5 Å². The van der Waals surface area contributed by atoms with Crippen LogP contribution in [-0.2, 0) is 0 Å². The molecule has 0 saturated heterocycles. The molecule has 0 amide bonds. The lowest BCUT2D eigenvalue weighted by Crippen LogP contribution is -2.27. The molecule has 0 atom stereocenters. The highest BCUT2D eigenvalue weighted by Gasteiger charge is 2.23. The molecule has 2 aromatic carbocycles. The molecule has 0 aliphatic carbocycles. The van der Waals surface area contributed by atoms with Gasteiger partial charge < -0.3 is 14.8 Å². The zero-order chi connectivity index (χ0) is 19.2. The number of methoxy groups -OCH3 is 2. The van der Waals surface area contributed by atoms with Gasteiger partial charge in [-0.2, -0.15) is 0 Å². The minimum absolute atomic E-state index is 0.118. The number of thiazole rings is 1. The van der Waals surface area contributed by atoms with Gasteiger partial charge in [-0.15, -0.1) is 0 Å². The van der Waals surface area contributed by atoms with Crippen LogP contribution in [0.25, 0.3) is 26.4 Å². The standard InChI is InChI=1S/C21H23N3O2S/c1-21(2,3)23-19-18(14-8-6-7-9-16(14)26-5)22-20-24(19)15-11-10-13(25-4)12-17(15)27-20/h6-12,23H,1-5H3. The van der Waals surface area contributed by atoms with E-state index < -0.39 is 0 Å². The monoisotopic (exact) mass is 381 g/mol. The van der Waals surface area contributed by atoms with Crippen molar-refractivity contribution in [2.75, 3.05) is 19.5 Å². The molecule has 0 aliphatic heterocycles. The van der Waals surface area contributed by atoms with Crippen LogP contribution >= 0.6 is 11.3 Å². The van der Waals surface area contributed by atoms with Gasteiger partial charge in [-0.3, -0.25) is 4.40 Å². The van der Waals surface area contributed by atoms with Crippen molar-refractivity contribution < 1.29 is 9.47 Å². The molecule has 2 heterocycles. The van der Waals surface area contributed by atoms with Crippen LogP contribution in [0.15, 0.2) is 42.5 Å². The van der Waals surface area contributed by atoms with Crippen molar-refractivity contribution >= 4 is 32.3 Å². The molecule has 0 unspecified atom stereocenters. The summed E-state index contributed by atoms with van der Waals surface area (Å²) < 4.78 is 14.3. The van der Waals surface area contributed by atoms with Gasteiger partial charge in [0.15, 0.2) is 4.96 Å². The summed E-state index contributed by atoms with van der Waals surface area (Å²) in [6.45, 7) is 6.45. The number of para-hydroxylation sites is 1. The maximum atomic E-state index is 5.59. The van der Waals surface area contributed by atoms with Crippen molar-refractivity contribution in [3.63, 3.8) is 0 Å². The van der Waals surface area contributed by atoms with Crippen molar-refractivity contribution in [2.24, 2.45) is 0 Å². The molecule has 4 aromatic rings. The largest absolute Gasteiger partial charge is 0.497 e. The van der Waals surface area contributed by atoms with Crippen molar-refractivity contribution in [2.45, 2.75) is 26.3 Å². The van der Waals surface area contributed by atoms with E-state index in [1.165, 1.54) is 0 Å². The van der Waals surface area contributed by atoms with E-state index in [9.17, 15) is 0 Å². The number of aromatic nitrogens is 2. The number of anilines is 1. The maximum Gasteiger partial charge on any atom is 0.197 e. The summed E-state index contributed by atoms with van der Waals surface area (Å²) in [5.41, 5.74) is 2.86. The lowest BCUT2D eigenvalue weighted by molar-refractivity contribution is 0.415. The molecule has 6 heteroatoms. The first-order chi connectivity index (χ1) is 12.9.